The topological polar surface area (TPSA) is 36.4 Å². The van der Waals surface area contributed by atoms with Crippen molar-refractivity contribution in [3.63, 3.8) is 0 Å². The Morgan fingerprint density at radius 3 is 2.65 bits per heavy atom. The molecule has 0 radical (unpaired) electrons. The lowest BCUT2D eigenvalue weighted by atomic mass is 10.1. The number of rotatable bonds is 6. The molecule has 0 aromatic carbocycles. The Hall–Kier alpha value is -0.940. The van der Waals surface area contributed by atoms with E-state index in [1.807, 2.05) is 0 Å². The molecule has 1 aromatic heterocycles. The summed E-state index contributed by atoms with van der Waals surface area (Å²) in [7, 11) is 0. The summed E-state index contributed by atoms with van der Waals surface area (Å²) in [6, 6.07) is 0.621. The Morgan fingerprint density at radius 1 is 1.45 bits per heavy atom. The average Bonchev–Trinajstić information content (AvgIpc) is 3.06. The van der Waals surface area contributed by atoms with Crippen LogP contribution in [0.15, 0.2) is 0 Å². The largest absolute Gasteiger partial charge is 0.346 e. The molecule has 4 nitrogen and oxygen atoms in total. The van der Waals surface area contributed by atoms with E-state index in [2.05, 4.69) is 37.5 Å². The molecule has 2 rings (SSSR count). The highest BCUT2D eigenvalue weighted by Gasteiger charge is 2.28. The standard InChI is InChI=1S/C15H25N3OS/c1-5-17(6-2)12-7-8-18(9-12)15-16-14(11(3)4)13(10-19)20-15/h10-12H,5-9H2,1-4H3. The smallest absolute Gasteiger partial charge is 0.186 e. The van der Waals surface area contributed by atoms with Gasteiger partial charge in [-0.2, -0.15) is 0 Å². The van der Waals surface area contributed by atoms with Gasteiger partial charge < -0.3 is 4.90 Å². The first-order valence-electron chi connectivity index (χ1n) is 7.55. The molecule has 0 spiro atoms. The molecular formula is C15H25N3OS. The minimum absolute atomic E-state index is 0.307. The third-order valence-electron chi connectivity index (χ3n) is 4.09. The van der Waals surface area contributed by atoms with Crippen LogP contribution >= 0.6 is 11.3 Å². The fourth-order valence-electron chi connectivity index (χ4n) is 2.92. The lowest BCUT2D eigenvalue weighted by Crippen LogP contribution is -2.37. The summed E-state index contributed by atoms with van der Waals surface area (Å²) in [4.78, 5) is 21.5. The van der Waals surface area contributed by atoms with E-state index in [-0.39, 0.29) is 0 Å². The Labute approximate surface area is 125 Å². The van der Waals surface area contributed by atoms with E-state index in [0.29, 0.717) is 12.0 Å². The van der Waals surface area contributed by atoms with E-state index in [9.17, 15) is 4.79 Å². The van der Waals surface area contributed by atoms with Crippen LogP contribution in [0.3, 0.4) is 0 Å². The number of carbonyl (C=O) groups is 1. The maximum absolute atomic E-state index is 11.2. The molecule has 20 heavy (non-hydrogen) atoms. The van der Waals surface area contributed by atoms with Gasteiger partial charge in [0, 0.05) is 19.1 Å². The first-order chi connectivity index (χ1) is 9.60. The lowest BCUT2D eigenvalue weighted by Gasteiger charge is -2.25. The number of thiazole rings is 1. The van der Waals surface area contributed by atoms with Gasteiger partial charge in [0.25, 0.3) is 0 Å². The number of hydrogen-bond acceptors (Lipinski definition) is 5. The van der Waals surface area contributed by atoms with Crippen molar-refractivity contribution in [1.82, 2.24) is 9.88 Å². The van der Waals surface area contributed by atoms with Gasteiger partial charge in [0.05, 0.1) is 10.6 Å². The summed E-state index contributed by atoms with van der Waals surface area (Å²) in [6.07, 6.45) is 2.14. The molecule has 1 aromatic rings. The molecule has 5 heteroatoms. The van der Waals surface area contributed by atoms with Crippen molar-refractivity contribution in [3.05, 3.63) is 10.6 Å². The van der Waals surface area contributed by atoms with Gasteiger partial charge in [-0.05, 0) is 25.4 Å². The van der Waals surface area contributed by atoms with Crippen LogP contribution in [0.25, 0.3) is 0 Å². The van der Waals surface area contributed by atoms with Crippen molar-refractivity contribution in [2.75, 3.05) is 31.1 Å². The molecule has 0 aliphatic carbocycles. The van der Waals surface area contributed by atoms with Gasteiger partial charge in [0.1, 0.15) is 0 Å². The van der Waals surface area contributed by atoms with Crippen molar-refractivity contribution >= 4 is 22.8 Å². The average molecular weight is 295 g/mol. The first-order valence-corrected chi connectivity index (χ1v) is 8.37. The van der Waals surface area contributed by atoms with Gasteiger partial charge in [-0.1, -0.05) is 39.0 Å². The van der Waals surface area contributed by atoms with Gasteiger partial charge >= 0.3 is 0 Å². The predicted octanol–water partition coefficient (Wildman–Crippen LogP) is 3.00. The highest BCUT2D eigenvalue weighted by Crippen LogP contribution is 2.32. The second kappa shape index (κ2) is 6.68. The highest BCUT2D eigenvalue weighted by atomic mass is 32.1. The zero-order chi connectivity index (χ0) is 14.7. The van der Waals surface area contributed by atoms with Crippen LogP contribution in [0.1, 0.15) is 55.4 Å². The second-order valence-corrected chi connectivity index (χ2v) is 6.64. The Kier molecular flexibility index (Phi) is 5.16. The van der Waals surface area contributed by atoms with Crippen molar-refractivity contribution in [2.24, 2.45) is 0 Å². The molecule has 1 saturated heterocycles. The van der Waals surface area contributed by atoms with Crippen LogP contribution in [-0.4, -0.2) is 48.4 Å². The van der Waals surface area contributed by atoms with E-state index >= 15 is 0 Å². The third-order valence-corrected chi connectivity index (χ3v) is 5.14. The van der Waals surface area contributed by atoms with Gasteiger partial charge in [0.2, 0.25) is 0 Å². The molecule has 0 bridgehead atoms. The Balaban J connectivity index is 2.12. The molecule has 1 aliphatic heterocycles. The van der Waals surface area contributed by atoms with Crippen molar-refractivity contribution in [3.8, 4) is 0 Å². The summed E-state index contributed by atoms with van der Waals surface area (Å²) in [5.41, 5.74) is 0.950. The third kappa shape index (κ3) is 3.04. The van der Waals surface area contributed by atoms with Crippen molar-refractivity contribution < 1.29 is 4.79 Å². The maximum Gasteiger partial charge on any atom is 0.186 e. The molecule has 1 unspecified atom stereocenters. The van der Waals surface area contributed by atoms with E-state index in [1.165, 1.54) is 6.42 Å². The first kappa shape index (κ1) is 15.4. The number of aromatic nitrogens is 1. The normalized spacial score (nSPS) is 19.3. The summed E-state index contributed by atoms with van der Waals surface area (Å²) in [5, 5.41) is 1.02. The molecule has 0 amide bonds. The van der Waals surface area contributed by atoms with Crippen molar-refractivity contribution in [2.45, 2.75) is 46.1 Å². The fourth-order valence-corrected chi connectivity index (χ4v) is 3.99. The quantitative estimate of drug-likeness (QED) is 0.756. The molecule has 0 saturated carbocycles. The van der Waals surface area contributed by atoms with Crippen LogP contribution in [0.4, 0.5) is 5.13 Å². The van der Waals surface area contributed by atoms with Crippen LogP contribution < -0.4 is 4.90 Å². The summed E-state index contributed by atoms with van der Waals surface area (Å²) < 4.78 is 0. The molecule has 112 valence electrons. The lowest BCUT2D eigenvalue weighted by molar-refractivity contribution is 0.112. The van der Waals surface area contributed by atoms with E-state index in [1.54, 1.807) is 11.3 Å². The number of hydrogen-bond donors (Lipinski definition) is 0. The number of nitrogens with zero attached hydrogens (tertiary/aromatic N) is 3. The van der Waals surface area contributed by atoms with E-state index < -0.39 is 0 Å². The SMILES string of the molecule is CCN(CC)C1CCN(c2nc(C(C)C)c(C=O)s2)C1. The minimum atomic E-state index is 0.307. The monoisotopic (exact) mass is 295 g/mol. The van der Waals surface area contributed by atoms with Crippen LogP contribution in [0, 0.1) is 0 Å². The summed E-state index contributed by atoms with van der Waals surface area (Å²) in [6.45, 7) is 12.9. The predicted molar refractivity (Wildman–Crippen MR) is 85.1 cm³/mol. The number of anilines is 1. The van der Waals surface area contributed by atoms with Gasteiger partial charge in [-0.15, -0.1) is 0 Å². The summed E-state index contributed by atoms with van der Waals surface area (Å²) >= 11 is 1.54. The molecule has 1 aliphatic rings. The Morgan fingerprint density at radius 2 is 2.15 bits per heavy atom. The minimum Gasteiger partial charge on any atom is -0.346 e. The molecule has 0 N–H and O–H groups in total. The summed E-state index contributed by atoms with van der Waals surface area (Å²) in [5.74, 6) is 0.307. The number of likely N-dealkylation sites (N-methyl/N-ethyl adjacent to an activating group) is 1. The molecule has 1 fully saturated rings. The van der Waals surface area contributed by atoms with Gasteiger partial charge in [-0.25, -0.2) is 4.98 Å². The molecule has 1 atom stereocenters. The maximum atomic E-state index is 11.2. The zero-order valence-electron chi connectivity index (χ0n) is 12.9. The van der Waals surface area contributed by atoms with Gasteiger partial charge in [0.15, 0.2) is 11.4 Å². The second-order valence-electron chi connectivity index (χ2n) is 5.63. The fraction of sp³-hybridized carbons (Fsp3) is 0.733. The number of carbonyl (C=O) groups excluding carboxylic acids is 1. The van der Waals surface area contributed by atoms with Crippen molar-refractivity contribution in [1.29, 1.82) is 0 Å². The zero-order valence-corrected chi connectivity index (χ0v) is 13.7. The van der Waals surface area contributed by atoms with E-state index in [0.717, 1.165) is 48.2 Å². The highest BCUT2D eigenvalue weighted by molar-refractivity contribution is 7.17. The van der Waals surface area contributed by atoms with E-state index in [4.69, 9.17) is 4.98 Å². The van der Waals surface area contributed by atoms with Gasteiger partial charge in [-0.3, -0.25) is 9.69 Å². The van der Waals surface area contributed by atoms with Crippen LogP contribution in [-0.2, 0) is 0 Å². The molecular weight excluding hydrogens is 270 g/mol. The Bertz CT molecular complexity index is 454. The molecule has 2 heterocycles. The number of aldehydes is 1. The van der Waals surface area contributed by atoms with Crippen LogP contribution in [0.5, 0.6) is 0 Å². The van der Waals surface area contributed by atoms with Crippen LogP contribution in [0.2, 0.25) is 0 Å².